The number of nitrogens with zero attached hydrogens (tertiary/aromatic N) is 1. The second-order valence-corrected chi connectivity index (χ2v) is 6.98. The second-order valence-electron chi connectivity index (χ2n) is 6.98. The molecule has 1 fully saturated rings. The van der Waals surface area contributed by atoms with Crippen molar-refractivity contribution in [1.82, 2.24) is 5.32 Å². The van der Waals surface area contributed by atoms with E-state index < -0.39 is 0 Å². The number of hydrogen-bond acceptors (Lipinski definition) is 2. The first-order valence-electron chi connectivity index (χ1n) is 9.27. The molecule has 2 amide bonds. The zero-order chi connectivity index (χ0) is 18.7. The van der Waals surface area contributed by atoms with Gasteiger partial charge in [-0.2, -0.15) is 0 Å². The lowest BCUT2D eigenvalue weighted by Gasteiger charge is -2.22. The van der Waals surface area contributed by atoms with E-state index in [4.69, 9.17) is 0 Å². The first-order valence-corrected chi connectivity index (χ1v) is 9.27. The van der Waals surface area contributed by atoms with E-state index in [2.05, 4.69) is 36.5 Å². The average Bonchev–Trinajstić information content (AvgIpc) is 3.52. The number of anilines is 1. The fourth-order valence-electron chi connectivity index (χ4n) is 3.08. The van der Waals surface area contributed by atoms with Gasteiger partial charge >= 0.3 is 0 Å². The summed E-state index contributed by atoms with van der Waals surface area (Å²) in [5.74, 6) is 0.0451. The van der Waals surface area contributed by atoms with Crippen LogP contribution in [-0.4, -0.2) is 18.9 Å². The molecule has 4 nitrogen and oxygen atoms in total. The first-order chi connectivity index (χ1) is 12.5. The van der Waals surface area contributed by atoms with Crippen LogP contribution in [-0.2, 0) is 11.2 Å². The van der Waals surface area contributed by atoms with E-state index in [0.717, 1.165) is 24.8 Å². The Morgan fingerprint density at radius 2 is 1.77 bits per heavy atom. The van der Waals surface area contributed by atoms with Gasteiger partial charge in [-0.1, -0.05) is 43.3 Å². The number of carbonyl (C=O) groups is 2. The molecule has 2 aromatic carbocycles. The zero-order valence-electron chi connectivity index (χ0n) is 15.7. The smallest absolute Gasteiger partial charge is 0.253 e. The molecule has 1 atom stereocenters. The summed E-state index contributed by atoms with van der Waals surface area (Å²) in [6.07, 6.45) is 2.89. The van der Waals surface area contributed by atoms with Gasteiger partial charge in [-0.25, -0.2) is 0 Å². The number of rotatable bonds is 6. The van der Waals surface area contributed by atoms with Gasteiger partial charge in [-0.3, -0.25) is 9.59 Å². The van der Waals surface area contributed by atoms with E-state index in [0.29, 0.717) is 11.3 Å². The van der Waals surface area contributed by atoms with Crippen LogP contribution in [0.15, 0.2) is 48.5 Å². The van der Waals surface area contributed by atoms with Gasteiger partial charge in [0, 0.05) is 13.0 Å². The van der Waals surface area contributed by atoms with Crippen molar-refractivity contribution in [3.8, 4) is 0 Å². The van der Waals surface area contributed by atoms with Crippen molar-refractivity contribution in [1.29, 1.82) is 0 Å². The molecule has 0 saturated heterocycles. The molecule has 0 bridgehead atoms. The molecule has 26 heavy (non-hydrogen) atoms. The van der Waals surface area contributed by atoms with Gasteiger partial charge in [0.05, 0.1) is 17.3 Å². The highest BCUT2D eigenvalue weighted by Gasteiger charge is 2.33. The highest BCUT2D eigenvalue weighted by atomic mass is 16.2. The molecule has 2 aromatic rings. The van der Waals surface area contributed by atoms with Gasteiger partial charge in [-0.15, -0.1) is 0 Å². The van der Waals surface area contributed by atoms with Crippen molar-refractivity contribution in [3.05, 3.63) is 65.2 Å². The van der Waals surface area contributed by atoms with Gasteiger partial charge in [0.15, 0.2) is 0 Å². The molecule has 4 heteroatoms. The predicted molar refractivity (Wildman–Crippen MR) is 104 cm³/mol. The third-order valence-electron chi connectivity index (χ3n) is 5.00. The predicted octanol–water partition coefficient (Wildman–Crippen LogP) is 4.11. The minimum atomic E-state index is -0.164. The Bertz CT molecular complexity index is 794. The lowest BCUT2D eigenvalue weighted by atomic mass is 10.0. The molecule has 1 saturated carbocycles. The monoisotopic (exact) mass is 350 g/mol. The van der Waals surface area contributed by atoms with E-state index in [-0.39, 0.29) is 23.8 Å². The number of benzene rings is 2. The van der Waals surface area contributed by atoms with Crippen molar-refractivity contribution in [2.45, 2.75) is 39.2 Å². The molecule has 0 aliphatic heterocycles. The van der Waals surface area contributed by atoms with Crippen LogP contribution in [0.5, 0.6) is 0 Å². The maximum atomic E-state index is 12.8. The van der Waals surface area contributed by atoms with Crippen molar-refractivity contribution in [2.75, 3.05) is 11.9 Å². The molecular formula is C22H26N2O2. The van der Waals surface area contributed by atoms with Crippen LogP contribution in [0.2, 0.25) is 0 Å². The minimum Gasteiger partial charge on any atom is -0.345 e. The lowest BCUT2D eigenvalue weighted by molar-refractivity contribution is -0.119. The van der Waals surface area contributed by atoms with E-state index >= 15 is 0 Å². The van der Waals surface area contributed by atoms with Gasteiger partial charge in [0.1, 0.15) is 0 Å². The molecule has 3 rings (SSSR count). The Kier molecular flexibility index (Phi) is 5.40. The SMILES string of the molecule is CCc1ccc([C@@H](C)NC(=O)c2ccccc2N(C)C(=O)C2CC2)cc1. The Balaban J connectivity index is 1.75. The Morgan fingerprint density at radius 3 is 2.38 bits per heavy atom. The molecule has 0 heterocycles. The highest BCUT2D eigenvalue weighted by Crippen LogP contribution is 2.33. The number of amides is 2. The molecule has 1 N–H and O–H groups in total. The fourth-order valence-corrected chi connectivity index (χ4v) is 3.08. The normalized spacial score (nSPS) is 14.6. The zero-order valence-corrected chi connectivity index (χ0v) is 15.7. The summed E-state index contributed by atoms with van der Waals surface area (Å²) < 4.78 is 0. The Labute approximate surface area is 155 Å². The van der Waals surface area contributed by atoms with E-state index in [1.54, 1.807) is 18.0 Å². The Hall–Kier alpha value is -2.62. The van der Waals surface area contributed by atoms with Crippen LogP contribution in [0.4, 0.5) is 5.69 Å². The number of nitrogens with one attached hydrogen (secondary N) is 1. The number of carbonyl (C=O) groups excluding carboxylic acids is 2. The van der Waals surface area contributed by atoms with Crippen LogP contribution < -0.4 is 10.2 Å². The molecule has 1 aliphatic carbocycles. The highest BCUT2D eigenvalue weighted by molar-refractivity contribution is 6.05. The third kappa shape index (κ3) is 3.96. The molecule has 136 valence electrons. The first kappa shape index (κ1) is 18.2. The van der Waals surface area contributed by atoms with E-state index in [1.807, 2.05) is 25.1 Å². The molecular weight excluding hydrogens is 324 g/mol. The van der Waals surface area contributed by atoms with Gasteiger partial charge in [-0.05, 0) is 49.4 Å². The number of para-hydroxylation sites is 1. The largest absolute Gasteiger partial charge is 0.345 e. The standard InChI is InChI=1S/C22H26N2O2/c1-4-16-9-11-17(12-10-16)15(2)23-21(25)19-7-5-6-8-20(19)24(3)22(26)18-13-14-18/h5-12,15,18H,4,13-14H2,1-3H3,(H,23,25)/t15-/m1/s1. The summed E-state index contributed by atoms with van der Waals surface area (Å²) in [5, 5.41) is 3.05. The van der Waals surface area contributed by atoms with Crippen molar-refractivity contribution in [2.24, 2.45) is 5.92 Å². The van der Waals surface area contributed by atoms with Crippen LogP contribution in [0.25, 0.3) is 0 Å². The fraction of sp³-hybridized carbons (Fsp3) is 0.364. The lowest BCUT2D eigenvalue weighted by Crippen LogP contribution is -2.32. The Morgan fingerprint density at radius 1 is 1.12 bits per heavy atom. The minimum absolute atomic E-state index is 0.0912. The van der Waals surface area contributed by atoms with Crippen molar-refractivity contribution >= 4 is 17.5 Å². The maximum absolute atomic E-state index is 12.8. The molecule has 0 spiro atoms. The van der Waals surface area contributed by atoms with Crippen LogP contribution >= 0.6 is 0 Å². The quantitative estimate of drug-likeness (QED) is 0.852. The number of aryl methyl sites for hydroxylation is 1. The molecule has 0 radical (unpaired) electrons. The van der Waals surface area contributed by atoms with E-state index in [1.165, 1.54) is 5.56 Å². The van der Waals surface area contributed by atoms with Gasteiger partial charge < -0.3 is 10.2 Å². The summed E-state index contributed by atoms with van der Waals surface area (Å²) >= 11 is 0. The average molecular weight is 350 g/mol. The van der Waals surface area contributed by atoms with Crippen molar-refractivity contribution < 1.29 is 9.59 Å². The maximum Gasteiger partial charge on any atom is 0.253 e. The van der Waals surface area contributed by atoms with Gasteiger partial charge in [0.25, 0.3) is 5.91 Å². The van der Waals surface area contributed by atoms with E-state index in [9.17, 15) is 9.59 Å². The summed E-state index contributed by atoms with van der Waals surface area (Å²) in [6, 6.07) is 15.5. The molecule has 0 aromatic heterocycles. The number of hydrogen-bond donors (Lipinski definition) is 1. The van der Waals surface area contributed by atoms with Gasteiger partial charge in [0.2, 0.25) is 5.91 Å². The summed E-state index contributed by atoms with van der Waals surface area (Å²) in [5.41, 5.74) is 3.53. The topological polar surface area (TPSA) is 49.4 Å². The summed E-state index contributed by atoms with van der Waals surface area (Å²) in [7, 11) is 1.75. The summed E-state index contributed by atoms with van der Waals surface area (Å²) in [4.78, 5) is 26.8. The second kappa shape index (κ2) is 7.73. The summed E-state index contributed by atoms with van der Waals surface area (Å²) in [6.45, 7) is 4.09. The van der Waals surface area contributed by atoms with Crippen molar-refractivity contribution in [3.63, 3.8) is 0 Å². The van der Waals surface area contributed by atoms with Crippen LogP contribution in [0.1, 0.15) is 54.2 Å². The van der Waals surface area contributed by atoms with Crippen LogP contribution in [0.3, 0.4) is 0 Å². The molecule has 0 unspecified atom stereocenters. The van der Waals surface area contributed by atoms with Crippen LogP contribution in [0, 0.1) is 5.92 Å². The molecule has 1 aliphatic rings. The third-order valence-corrected chi connectivity index (χ3v) is 5.00.